The van der Waals surface area contributed by atoms with Crippen molar-refractivity contribution in [3.8, 4) is 0 Å². The Labute approximate surface area is 90.1 Å². The van der Waals surface area contributed by atoms with E-state index in [0.717, 1.165) is 17.7 Å². The molecule has 0 radical (unpaired) electrons. The second-order valence-electron chi connectivity index (χ2n) is 3.48. The van der Waals surface area contributed by atoms with Gasteiger partial charge in [-0.2, -0.15) is 0 Å². The normalized spacial score (nSPS) is 9.87. The minimum atomic E-state index is 0.859. The smallest absolute Gasteiger partial charge is 0.0659 e. The first-order valence-corrected chi connectivity index (χ1v) is 4.99. The van der Waals surface area contributed by atoms with Gasteiger partial charge in [0.25, 0.3) is 0 Å². The molecular formula is C14H13N. The molecule has 0 aliphatic heterocycles. The van der Waals surface area contributed by atoms with Crippen molar-refractivity contribution >= 4 is 5.57 Å². The van der Waals surface area contributed by atoms with Crippen molar-refractivity contribution in [3.63, 3.8) is 0 Å². The van der Waals surface area contributed by atoms with Crippen LogP contribution in [0.2, 0.25) is 0 Å². The third-order valence-corrected chi connectivity index (χ3v) is 2.29. The van der Waals surface area contributed by atoms with Gasteiger partial charge < -0.3 is 0 Å². The zero-order valence-electron chi connectivity index (χ0n) is 8.56. The number of rotatable bonds is 3. The Hall–Kier alpha value is -1.89. The van der Waals surface area contributed by atoms with Crippen molar-refractivity contribution in [3.05, 3.63) is 72.6 Å². The highest BCUT2D eigenvalue weighted by molar-refractivity contribution is 5.62. The van der Waals surface area contributed by atoms with Gasteiger partial charge in [0.15, 0.2) is 0 Å². The maximum absolute atomic E-state index is 4.28. The van der Waals surface area contributed by atoms with Crippen molar-refractivity contribution in [1.29, 1.82) is 0 Å². The maximum Gasteiger partial charge on any atom is 0.0659 e. The Bertz CT molecular complexity index is 431. The van der Waals surface area contributed by atoms with Crippen LogP contribution in [0.15, 0.2) is 61.3 Å². The van der Waals surface area contributed by atoms with E-state index in [9.17, 15) is 0 Å². The van der Waals surface area contributed by atoms with Gasteiger partial charge in [0.2, 0.25) is 0 Å². The van der Waals surface area contributed by atoms with Crippen LogP contribution in [0.1, 0.15) is 11.3 Å². The summed E-state index contributed by atoms with van der Waals surface area (Å²) in [4.78, 5) is 4.28. The van der Waals surface area contributed by atoms with E-state index >= 15 is 0 Å². The number of pyridine rings is 1. The van der Waals surface area contributed by atoms with E-state index in [4.69, 9.17) is 0 Å². The summed E-state index contributed by atoms with van der Waals surface area (Å²) in [6.45, 7) is 4.06. The summed E-state index contributed by atoms with van der Waals surface area (Å²) in [5.74, 6) is 0. The number of allylic oxidation sites excluding steroid dienone is 1. The van der Waals surface area contributed by atoms with E-state index < -0.39 is 0 Å². The Morgan fingerprint density at radius 2 is 1.73 bits per heavy atom. The molecule has 1 nitrogen and oxygen atoms in total. The molecule has 0 aliphatic carbocycles. The van der Waals surface area contributed by atoms with Crippen LogP contribution in [0.4, 0.5) is 0 Å². The largest absolute Gasteiger partial charge is 0.257 e. The number of hydrogen-bond acceptors (Lipinski definition) is 1. The third kappa shape index (κ3) is 2.53. The second kappa shape index (κ2) is 4.56. The average molecular weight is 195 g/mol. The van der Waals surface area contributed by atoms with Crippen molar-refractivity contribution in [2.24, 2.45) is 0 Å². The average Bonchev–Trinajstić information content (AvgIpc) is 2.31. The SMILES string of the molecule is C=C(Cc1ccccc1)c1ccccn1. The monoisotopic (exact) mass is 195 g/mol. The number of nitrogens with zero attached hydrogens (tertiary/aromatic N) is 1. The molecule has 0 aliphatic rings. The molecule has 0 spiro atoms. The fraction of sp³-hybridized carbons (Fsp3) is 0.0714. The molecule has 2 aromatic rings. The maximum atomic E-state index is 4.28. The van der Waals surface area contributed by atoms with Gasteiger partial charge >= 0.3 is 0 Å². The first-order valence-electron chi connectivity index (χ1n) is 4.99. The third-order valence-electron chi connectivity index (χ3n) is 2.29. The molecule has 0 fully saturated rings. The lowest BCUT2D eigenvalue weighted by Crippen LogP contribution is -1.91. The molecule has 15 heavy (non-hydrogen) atoms. The molecule has 1 heterocycles. The molecule has 0 amide bonds. The van der Waals surface area contributed by atoms with Gasteiger partial charge in [-0.05, 0) is 29.7 Å². The van der Waals surface area contributed by atoms with Crippen molar-refractivity contribution in [1.82, 2.24) is 4.98 Å². The Balaban J connectivity index is 2.12. The highest BCUT2D eigenvalue weighted by Crippen LogP contribution is 2.14. The first-order chi connectivity index (χ1) is 7.36. The molecule has 74 valence electrons. The number of benzene rings is 1. The van der Waals surface area contributed by atoms with E-state index in [1.807, 2.05) is 36.4 Å². The molecule has 0 saturated carbocycles. The molecule has 1 aromatic heterocycles. The van der Waals surface area contributed by atoms with Gasteiger partial charge in [-0.15, -0.1) is 0 Å². The van der Waals surface area contributed by atoms with Crippen LogP contribution in [-0.4, -0.2) is 4.98 Å². The summed E-state index contributed by atoms with van der Waals surface area (Å²) in [5, 5.41) is 0. The highest BCUT2D eigenvalue weighted by Gasteiger charge is 2.00. The van der Waals surface area contributed by atoms with E-state index in [1.54, 1.807) is 6.20 Å². The predicted octanol–water partition coefficient (Wildman–Crippen LogP) is 3.34. The van der Waals surface area contributed by atoms with Crippen LogP contribution >= 0.6 is 0 Å². The molecule has 1 heteroatoms. The van der Waals surface area contributed by atoms with Crippen LogP contribution in [0.5, 0.6) is 0 Å². The fourth-order valence-electron chi connectivity index (χ4n) is 1.50. The van der Waals surface area contributed by atoms with Crippen LogP contribution in [0.3, 0.4) is 0 Å². The van der Waals surface area contributed by atoms with E-state index in [1.165, 1.54) is 5.56 Å². The lowest BCUT2D eigenvalue weighted by atomic mass is 10.0. The van der Waals surface area contributed by atoms with E-state index in [-0.39, 0.29) is 0 Å². The molecular weight excluding hydrogens is 182 g/mol. The lowest BCUT2D eigenvalue weighted by Gasteiger charge is -2.04. The van der Waals surface area contributed by atoms with Crippen molar-refractivity contribution in [2.45, 2.75) is 6.42 Å². The summed E-state index contributed by atoms with van der Waals surface area (Å²) in [7, 11) is 0. The summed E-state index contributed by atoms with van der Waals surface area (Å²) in [5.41, 5.74) is 3.30. The summed E-state index contributed by atoms with van der Waals surface area (Å²) in [6.07, 6.45) is 2.66. The molecule has 0 atom stereocenters. The predicted molar refractivity (Wildman–Crippen MR) is 63.4 cm³/mol. The zero-order valence-corrected chi connectivity index (χ0v) is 8.56. The minimum absolute atomic E-state index is 0.859. The zero-order chi connectivity index (χ0) is 10.5. The van der Waals surface area contributed by atoms with Crippen LogP contribution in [0, 0.1) is 0 Å². The quantitative estimate of drug-likeness (QED) is 0.732. The molecule has 0 saturated heterocycles. The minimum Gasteiger partial charge on any atom is -0.257 e. The second-order valence-corrected chi connectivity index (χ2v) is 3.48. The summed E-state index contributed by atoms with van der Waals surface area (Å²) >= 11 is 0. The van der Waals surface area contributed by atoms with Crippen LogP contribution < -0.4 is 0 Å². The van der Waals surface area contributed by atoms with E-state index in [2.05, 4.69) is 23.7 Å². The highest BCUT2D eigenvalue weighted by atomic mass is 14.7. The lowest BCUT2D eigenvalue weighted by molar-refractivity contribution is 1.21. The molecule has 2 rings (SSSR count). The topological polar surface area (TPSA) is 12.9 Å². The van der Waals surface area contributed by atoms with Gasteiger partial charge in [-0.3, -0.25) is 4.98 Å². The van der Waals surface area contributed by atoms with Gasteiger partial charge in [-0.25, -0.2) is 0 Å². The molecule has 0 bridgehead atoms. The fourth-order valence-corrected chi connectivity index (χ4v) is 1.50. The van der Waals surface area contributed by atoms with Gasteiger partial charge in [-0.1, -0.05) is 43.0 Å². The summed E-state index contributed by atoms with van der Waals surface area (Å²) < 4.78 is 0. The Kier molecular flexibility index (Phi) is 2.93. The van der Waals surface area contributed by atoms with Gasteiger partial charge in [0.1, 0.15) is 0 Å². The van der Waals surface area contributed by atoms with Crippen molar-refractivity contribution in [2.75, 3.05) is 0 Å². The number of hydrogen-bond donors (Lipinski definition) is 0. The van der Waals surface area contributed by atoms with Gasteiger partial charge in [0.05, 0.1) is 5.69 Å². The Morgan fingerprint density at radius 1 is 1.00 bits per heavy atom. The molecule has 0 unspecified atom stereocenters. The van der Waals surface area contributed by atoms with E-state index in [0.29, 0.717) is 0 Å². The Morgan fingerprint density at radius 3 is 2.40 bits per heavy atom. The van der Waals surface area contributed by atoms with Crippen LogP contribution in [0.25, 0.3) is 5.57 Å². The molecule has 0 N–H and O–H groups in total. The molecule has 1 aromatic carbocycles. The first kappa shape index (κ1) is 9.66. The van der Waals surface area contributed by atoms with Crippen LogP contribution in [-0.2, 0) is 6.42 Å². The van der Waals surface area contributed by atoms with Crippen molar-refractivity contribution < 1.29 is 0 Å². The van der Waals surface area contributed by atoms with Gasteiger partial charge in [0, 0.05) is 6.20 Å². The summed E-state index contributed by atoms with van der Waals surface area (Å²) in [6, 6.07) is 16.2. The standard InChI is InChI=1S/C14H13N/c1-12(14-9-5-6-10-15-14)11-13-7-3-2-4-8-13/h2-10H,1,11H2. The number of aromatic nitrogens is 1.